The summed E-state index contributed by atoms with van der Waals surface area (Å²) in [5.74, 6) is 0. The molecule has 1 unspecified atom stereocenters. The van der Waals surface area contributed by atoms with Gasteiger partial charge in [-0.2, -0.15) is 0 Å². The fourth-order valence-electron chi connectivity index (χ4n) is 2.88. The number of ether oxygens (including phenoxy) is 2. The van der Waals surface area contributed by atoms with Crippen LogP contribution in [0.15, 0.2) is 0 Å². The van der Waals surface area contributed by atoms with E-state index in [-0.39, 0.29) is 5.54 Å². The molecule has 1 saturated heterocycles. The maximum atomic E-state index is 5.32. The molecule has 0 aromatic heterocycles. The molecule has 5 heteroatoms. The number of nitrogens with one attached hydrogen (secondary N) is 1. The van der Waals surface area contributed by atoms with E-state index in [1.807, 2.05) is 0 Å². The Hall–Kier alpha value is -0.200. The highest BCUT2D eigenvalue weighted by atomic mass is 16.5. The number of piperazine rings is 1. The molecule has 1 fully saturated rings. The molecule has 5 nitrogen and oxygen atoms in total. The van der Waals surface area contributed by atoms with Gasteiger partial charge in [-0.05, 0) is 20.8 Å². The van der Waals surface area contributed by atoms with Crippen molar-refractivity contribution in [2.75, 3.05) is 66.7 Å². The van der Waals surface area contributed by atoms with Crippen molar-refractivity contribution in [3.05, 3.63) is 0 Å². The molecule has 1 aliphatic rings. The Labute approximate surface area is 124 Å². The van der Waals surface area contributed by atoms with Crippen LogP contribution in [-0.2, 0) is 9.47 Å². The Morgan fingerprint density at radius 3 is 2.40 bits per heavy atom. The van der Waals surface area contributed by atoms with Gasteiger partial charge in [-0.15, -0.1) is 0 Å². The molecule has 0 amide bonds. The molecule has 1 heterocycles. The van der Waals surface area contributed by atoms with Crippen LogP contribution in [0.2, 0.25) is 0 Å². The van der Waals surface area contributed by atoms with Crippen LogP contribution in [0.5, 0.6) is 0 Å². The molecule has 1 aliphatic heterocycles. The molecular formula is C15H33N3O2. The average Bonchev–Trinajstić information content (AvgIpc) is 2.44. The third-order valence-electron chi connectivity index (χ3n) is 4.18. The van der Waals surface area contributed by atoms with Gasteiger partial charge < -0.3 is 14.8 Å². The van der Waals surface area contributed by atoms with Crippen molar-refractivity contribution in [1.29, 1.82) is 0 Å². The smallest absolute Gasteiger partial charge is 0.0615 e. The quantitative estimate of drug-likeness (QED) is 0.674. The molecule has 0 bridgehead atoms. The Morgan fingerprint density at radius 1 is 1.20 bits per heavy atom. The van der Waals surface area contributed by atoms with Crippen LogP contribution in [-0.4, -0.2) is 88.1 Å². The van der Waals surface area contributed by atoms with Gasteiger partial charge in [0, 0.05) is 65.1 Å². The summed E-state index contributed by atoms with van der Waals surface area (Å²) in [6.45, 7) is 14.9. The second kappa shape index (κ2) is 8.95. The van der Waals surface area contributed by atoms with Crippen LogP contribution in [0, 0.1) is 0 Å². The van der Waals surface area contributed by atoms with Gasteiger partial charge in [0.25, 0.3) is 0 Å². The van der Waals surface area contributed by atoms with Crippen molar-refractivity contribution in [2.24, 2.45) is 0 Å². The van der Waals surface area contributed by atoms with Crippen LogP contribution in [0.1, 0.15) is 20.8 Å². The van der Waals surface area contributed by atoms with Gasteiger partial charge in [0.1, 0.15) is 0 Å². The minimum atomic E-state index is 0.178. The summed E-state index contributed by atoms with van der Waals surface area (Å²) < 4.78 is 10.6. The Balaban J connectivity index is 2.60. The SMILES string of the molecule is COCCN(CC(C)(C)N1CCNCC1)C(C)COC. The molecule has 0 radical (unpaired) electrons. The highest BCUT2D eigenvalue weighted by Gasteiger charge is 2.31. The van der Waals surface area contributed by atoms with E-state index >= 15 is 0 Å². The van der Waals surface area contributed by atoms with Gasteiger partial charge in [0.2, 0.25) is 0 Å². The van der Waals surface area contributed by atoms with Gasteiger partial charge >= 0.3 is 0 Å². The summed E-state index contributed by atoms with van der Waals surface area (Å²) in [5, 5.41) is 3.42. The molecule has 0 aromatic rings. The summed E-state index contributed by atoms with van der Waals surface area (Å²) in [5.41, 5.74) is 0.178. The van der Waals surface area contributed by atoms with Crippen LogP contribution >= 0.6 is 0 Å². The number of methoxy groups -OCH3 is 2. The Kier molecular flexibility index (Phi) is 7.99. The molecule has 1 rings (SSSR count). The van der Waals surface area contributed by atoms with Crippen molar-refractivity contribution in [3.8, 4) is 0 Å². The van der Waals surface area contributed by atoms with Crippen LogP contribution < -0.4 is 5.32 Å². The standard InChI is InChI=1S/C15H33N3O2/c1-14(12-20-5)17(10-11-19-4)13-15(2,3)18-8-6-16-7-9-18/h14,16H,6-13H2,1-5H3. The van der Waals surface area contributed by atoms with E-state index in [1.54, 1.807) is 14.2 Å². The van der Waals surface area contributed by atoms with E-state index in [2.05, 4.69) is 35.9 Å². The van der Waals surface area contributed by atoms with Crippen molar-refractivity contribution < 1.29 is 9.47 Å². The zero-order valence-electron chi connectivity index (χ0n) is 13.9. The lowest BCUT2D eigenvalue weighted by atomic mass is 10.00. The van der Waals surface area contributed by atoms with E-state index in [4.69, 9.17) is 9.47 Å². The first-order chi connectivity index (χ1) is 9.51. The highest BCUT2D eigenvalue weighted by Crippen LogP contribution is 2.18. The topological polar surface area (TPSA) is 37.0 Å². The first kappa shape index (κ1) is 17.9. The predicted octanol–water partition coefficient (Wildman–Crippen LogP) is 0.654. The maximum absolute atomic E-state index is 5.32. The first-order valence-electron chi connectivity index (χ1n) is 7.69. The molecular weight excluding hydrogens is 254 g/mol. The number of nitrogens with zero attached hydrogens (tertiary/aromatic N) is 2. The second-order valence-corrected chi connectivity index (χ2v) is 6.32. The number of rotatable bonds is 9. The van der Waals surface area contributed by atoms with E-state index in [0.717, 1.165) is 52.5 Å². The fraction of sp³-hybridized carbons (Fsp3) is 1.00. The molecule has 20 heavy (non-hydrogen) atoms. The molecule has 0 saturated carbocycles. The average molecular weight is 287 g/mol. The molecule has 120 valence electrons. The van der Waals surface area contributed by atoms with Crippen molar-refractivity contribution in [3.63, 3.8) is 0 Å². The monoisotopic (exact) mass is 287 g/mol. The Bertz CT molecular complexity index is 256. The normalized spacial score (nSPS) is 19.5. The third kappa shape index (κ3) is 5.66. The lowest BCUT2D eigenvalue weighted by Gasteiger charge is -2.45. The summed E-state index contributed by atoms with van der Waals surface area (Å²) >= 11 is 0. The van der Waals surface area contributed by atoms with Gasteiger partial charge in [0.05, 0.1) is 13.2 Å². The third-order valence-corrected chi connectivity index (χ3v) is 4.18. The van der Waals surface area contributed by atoms with Crippen molar-refractivity contribution in [1.82, 2.24) is 15.1 Å². The second-order valence-electron chi connectivity index (χ2n) is 6.32. The summed E-state index contributed by atoms with van der Waals surface area (Å²) in [6.07, 6.45) is 0. The zero-order chi connectivity index (χ0) is 15.0. The van der Waals surface area contributed by atoms with Crippen LogP contribution in [0.3, 0.4) is 0 Å². The fourth-order valence-corrected chi connectivity index (χ4v) is 2.88. The molecule has 1 atom stereocenters. The van der Waals surface area contributed by atoms with Gasteiger partial charge in [-0.3, -0.25) is 9.80 Å². The van der Waals surface area contributed by atoms with Gasteiger partial charge in [0.15, 0.2) is 0 Å². The highest BCUT2D eigenvalue weighted by molar-refractivity contribution is 4.88. The van der Waals surface area contributed by atoms with E-state index in [9.17, 15) is 0 Å². The summed E-state index contributed by atoms with van der Waals surface area (Å²) in [4.78, 5) is 5.07. The number of hydrogen-bond donors (Lipinski definition) is 1. The van der Waals surface area contributed by atoms with E-state index in [1.165, 1.54) is 0 Å². The number of hydrogen-bond acceptors (Lipinski definition) is 5. The van der Waals surface area contributed by atoms with Crippen molar-refractivity contribution in [2.45, 2.75) is 32.4 Å². The lowest BCUT2D eigenvalue weighted by molar-refractivity contribution is 0.0185. The van der Waals surface area contributed by atoms with E-state index in [0.29, 0.717) is 6.04 Å². The van der Waals surface area contributed by atoms with E-state index < -0.39 is 0 Å². The lowest BCUT2D eigenvalue weighted by Crippen LogP contribution is -2.59. The largest absolute Gasteiger partial charge is 0.383 e. The Morgan fingerprint density at radius 2 is 1.85 bits per heavy atom. The maximum Gasteiger partial charge on any atom is 0.0615 e. The molecule has 0 spiro atoms. The van der Waals surface area contributed by atoms with Gasteiger partial charge in [-0.1, -0.05) is 0 Å². The molecule has 0 aromatic carbocycles. The predicted molar refractivity (Wildman–Crippen MR) is 83.3 cm³/mol. The van der Waals surface area contributed by atoms with Crippen LogP contribution in [0.4, 0.5) is 0 Å². The minimum Gasteiger partial charge on any atom is -0.383 e. The van der Waals surface area contributed by atoms with Gasteiger partial charge in [-0.25, -0.2) is 0 Å². The summed E-state index contributed by atoms with van der Waals surface area (Å²) in [7, 11) is 3.53. The minimum absolute atomic E-state index is 0.178. The first-order valence-corrected chi connectivity index (χ1v) is 7.69. The molecule has 0 aliphatic carbocycles. The van der Waals surface area contributed by atoms with Crippen molar-refractivity contribution >= 4 is 0 Å². The zero-order valence-corrected chi connectivity index (χ0v) is 13.9. The van der Waals surface area contributed by atoms with Crippen LogP contribution in [0.25, 0.3) is 0 Å². The summed E-state index contributed by atoms with van der Waals surface area (Å²) in [6, 6.07) is 0.414. The molecule has 1 N–H and O–H groups in total.